The van der Waals surface area contributed by atoms with Crippen LogP contribution < -0.4 is 14.2 Å². The Labute approximate surface area is 178 Å². The molecule has 0 saturated heterocycles. The molecule has 154 valence electrons. The molecule has 0 bridgehead atoms. The van der Waals surface area contributed by atoms with Gasteiger partial charge < -0.3 is 14.2 Å². The van der Waals surface area contributed by atoms with Crippen molar-refractivity contribution >= 4 is 16.3 Å². The van der Waals surface area contributed by atoms with E-state index in [1.54, 1.807) is 4.52 Å². The first-order valence-electron chi connectivity index (χ1n) is 9.80. The number of benzene rings is 2. The van der Waals surface area contributed by atoms with Gasteiger partial charge in [0.1, 0.15) is 19.0 Å². The van der Waals surface area contributed by atoms with Crippen LogP contribution in [0.5, 0.6) is 17.2 Å². The van der Waals surface area contributed by atoms with E-state index in [9.17, 15) is 0 Å². The average molecular weight is 423 g/mol. The summed E-state index contributed by atoms with van der Waals surface area (Å²) in [7, 11) is 0. The van der Waals surface area contributed by atoms with Crippen LogP contribution in [0.2, 0.25) is 0 Å². The zero-order valence-electron chi connectivity index (χ0n) is 17.0. The van der Waals surface area contributed by atoms with Gasteiger partial charge >= 0.3 is 0 Å². The third kappa shape index (κ3) is 3.59. The number of para-hydroxylation sites is 2. The van der Waals surface area contributed by atoms with Crippen LogP contribution in [0.1, 0.15) is 43.3 Å². The lowest BCUT2D eigenvalue weighted by atomic mass is 9.87. The van der Waals surface area contributed by atoms with Crippen LogP contribution >= 0.6 is 11.3 Å². The lowest BCUT2D eigenvalue weighted by Gasteiger charge is -2.24. The van der Waals surface area contributed by atoms with Crippen molar-refractivity contribution in [2.75, 3.05) is 6.61 Å². The Hall–Kier alpha value is -3.13. The summed E-state index contributed by atoms with van der Waals surface area (Å²) in [6, 6.07) is 15.8. The molecule has 5 rings (SSSR count). The molecule has 0 aliphatic carbocycles. The van der Waals surface area contributed by atoms with Crippen LogP contribution in [0, 0.1) is 0 Å². The summed E-state index contributed by atoms with van der Waals surface area (Å²) in [5.74, 6) is 2.87. The number of fused-ring (bicyclic) bond motifs is 2. The van der Waals surface area contributed by atoms with E-state index in [1.807, 2.05) is 36.4 Å². The fraction of sp³-hybridized carbons (Fsp3) is 0.318. The van der Waals surface area contributed by atoms with Crippen LogP contribution in [-0.2, 0) is 12.0 Å². The number of aromatic nitrogens is 4. The second-order valence-electron chi connectivity index (χ2n) is 8.18. The minimum absolute atomic E-state index is 0.119. The molecule has 1 aliphatic rings. The molecular weight excluding hydrogens is 400 g/mol. The zero-order chi connectivity index (χ0) is 20.7. The van der Waals surface area contributed by atoms with Gasteiger partial charge in [-0.05, 0) is 35.2 Å². The molecule has 0 unspecified atom stereocenters. The third-order valence-corrected chi connectivity index (χ3v) is 5.81. The molecule has 0 spiro atoms. The normalized spacial score (nSPS) is 16.0. The van der Waals surface area contributed by atoms with Gasteiger partial charge in [0.2, 0.25) is 4.96 Å². The smallest absolute Gasteiger partial charge is 0.234 e. The van der Waals surface area contributed by atoms with Crippen molar-refractivity contribution in [2.45, 2.75) is 38.9 Å². The maximum Gasteiger partial charge on any atom is 0.234 e. The summed E-state index contributed by atoms with van der Waals surface area (Å²) < 4.78 is 19.5. The highest BCUT2D eigenvalue weighted by Crippen LogP contribution is 2.35. The molecule has 1 aliphatic heterocycles. The Bertz CT molecular complexity index is 1180. The average Bonchev–Trinajstić information content (AvgIpc) is 3.32. The predicted octanol–water partition coefficient (Wildman–Crippen LogP) is 4.57. The van der Waals surface area contributed by atoms with Crippen molar-refractivity contribution in [1.82, 2.24) is 19.8 Å². The zero-order valence-corrected chi connectivity index (χ0v) is 17.8. The highest BCUT2D eigenvalue weighted by atomic mass is 32.1. The van der Waals surface area contributed by atoms with Gasteiger partial charge in [0.05, 0.1) is 0 Å². The molecule has 3 heterocycles. The first-order chi connectivity index (χ1) is 14.5. The van der Waals surface area contributed by atoms with E-state index >= 15 is 0 Å². The molecule has 2 aromatic carbocycles. The lowest BCUT2D eigenvalue weighted by molar-refractivity contribution is 0.0835. The highest BCUT2D eigenvalue weighted by molar-refractivity contribution is 7.16. The second-order valence-corrected chi connectivity index (χ2v) is 9.22. The van der Waals surface area contributed by atoms with Crippen LogP contribution in [0.3, 0.4) is 0 Å². The van der Waals surface area contributed by atoms with E-state index in [0.29, 0.717) is 29.7 Å². The summed E-state index contributed by atoms with van der Waals surface area (Å²) in [6.45, 7) is 7.31. The Morgan fingerprint density at radius 1 is 1.07 bits per heavy atom. The topological polar surface area (TPSA) is 70.8 Å². The second kappa shape index (κ2) is 7.28. The largest absolute Gasteiger partial charge is 0.486 e. The first-order valence-corrected chi connectivity index (χ1v) is 10.6. The quantitative estimate of drug-likeness (QED) is 0.480. The molecule has 0 N–H and O–H groups in total. The van der Waals surface area contributed by atoms with Crippen LogP contribution in [0.25, 0.3) is 4.96 Å². The van der Waals surface area contributed by atoms with Gasteiger partial charge in [-0.3, -0.25) is 0 Å². The van der Waals surface area contributed by atoms with Gasteiger partial charge in [-0.15, -0.1) is 10.2 Å². The standard InChI is InChI=1S/C22H22N4O3S/c1-22(2,3)14-8-10-15(11-9-14)27-13-19-25-26-20(23-24-21(26)30-19)18-12-28-16-6-4-5-7-17(16)29-18/h4-11,18H,12-13H2,1-3H3/t18-/m0/s1. The van der Waals surface area contributed by atoms with Crippen molar-refractivity contribution in [2.24, 2.45) is 0 Å². The Morgan fingerprint density at radius 2 is 1.83 bits per heavy atom. The molecule has 4 aromatic rings. The molecule has 0 saturated carbocycles. The Balaban J connectivity index is 1.30. The van der Waals surface area contributed by atoms with Crippen molar-refractivity contribution in [3.8, 4) is 17.2 Å². The molecule has 30 heavy (non-hydrogen) atoms. The molecule has 7 nitrogen and oxygen atoms in total. The summed E-state index contributed by atoms with van der Waals surface area (Å²) in [4.78, 5) is 0.703. The number of ether oxygens (including phenoxy) is 3. The van der Waals surface area contributed by atoms with Gasteiger partial charge in [0.25, 0.3) is 0 Å². The summed E-state index contributed by atoms with van der Waals surface area (Å²) >= 11 is 1.45. The molecule has 8 heteroatoms. The summed E-state index contributed by atoms with van der Waals surface area (Å²) in [5, 5.41) is 13.9. The number of hydrogen-bond acceptors (Lipinski definition) is 7. The molecule has 0 fully saturated rings. The number of hydrogen-bond donors (Lipinski definition) is 0. The molecular formula is C22H22N4O3S. The van der Waals surface area contributed by atoms with E-state index in [-0.39, 0.29) is 11.5 Å². The monoisotopic (exact) mass is 422 g/mol. The van der Waals surface area contributed by atoms with Gasteiger partial charge in [0, 0.05) is 0 Å². The minimum atomic E-state index is -0.365. The maximum atomic E-state index is 6.05. The molecule has 1 atom stereocenters. The van der Waals surface area contributed by atoms with E-state index in [1.165, 1.54) is 16.9 Å². The lowest BCUT2D eigenvalue weighted by Crippen LogP contribution is -2.23. The Kier molecular flexibility index (Phi) is 4.58. The first kappa shape index (κ1) is 18.9. The van der Waals surface area contributed by atoms with Crippen molar-refractivity contribution in [3.63, 3.8) is 0 Å². The molecule has 0 amide bonds. The SMILES string of the molecule is CC(C)(C)c1ccc(OCc2nn3c([C@@H]4COc5ccccc5O4)nnc3s2)cc1. The van der Waals surface area contributed by atoms with Crippen molar-refractivity contribution < 1.29 is 14.2 Å². The molecule has 2 aromatic heterocycles. The fourth-order valence-electron chi connectivity index (χ4n) is 3.27. The van der Waals surface area contributed by atoms with E-state index in [0.717, 1.165) is 16.5 Å². The minimum Gasteiger partial charge on any atom is -0.486 e. The number of rotatable bonds is 4. The fourth-order valence-corrected chi connectivity index (χ4v) is 4.03. The molecule has 0 radical (unpaired) electrons. The van der Waals surface area contributed by atoms with Crippen LogP contribution in [-0.4, -0.2) is 26.4 Å². The van der Waals surface area contributed by atoms with E-state index < -0.39 is 0 Å². The highest BCUT2D eigenvalue weighted by Gasteiger charge is 2.28. The van der Waals surface area contributed by atoms with E-state index in [2.05, 4.69) is 48.2 Å². The van der Waals surface area contributed by atoms with Crippen molar-refractivity contribution in [3.05, 3.63) is 64.9 Å². The predicted molar refractivity (Wildman–Crippen MR) is 113 cm³/mol. The van der Waals surface area contributed by atoms with E-state index in [4.69, 9.17) is 14.2 Å². The van der Waals surface area contributed by atoms with Gasteiger partial charge in [-0.2, -0.15) is 9.61 Å². The maximum absolute atomic E-state index is 6.05. The van der Waals surface area contributed by atoms with Gasteiger partial charge in [-0.25, -0.2) is 0 Å². The van der Waals surface area contributed by atoms with Crippen LogP contribution in [0.4, 0.5) is 0 Å². The van der Waals surface area contributed by atoms with Gasteiger partial charge in [-0.1, -0.05) is 56.4 Å². The summed E-state index contributed by atoms with van der Waals surface area (Å²) in [5.41, 5.74) is 1.39. The van der Waals surface area contributed by atoms with Crippen LogP contribution in [0.15, 0.2) is 48.5 Å². The Morgan fingerprint density at radius 3 is 2.60 bits per heavy atom. The third-order valence-electron chi connectivity index (χ3n) is 4.94. The number of nitrogens with zero attached hydrogens (tertiary/aromatic N) is 4. The van der Waals surface area contributed by atoms with Crippen molar-refractivity contribution in [1.29, 1.82) is 0 Å². The summed E-state index contributed by atoms with van der Waals surface area (Å²) in [6.07, 6.45) is -0.365. The van der Waals surface area contributed by atoms with Gasteiger partial charge in [0.15, 0.2) is 28.4 Å².